The third-order valence-electron chi connectivity index (χ3n) is 1.33. The Morgan fingerprint density at radius 3 is 2.67 bits per heavy atom. The summed E-state index contributed by atoms with van der Waals surface area (Å²) in [5, 5.41) is 11.7. The standard InChI is InChI=1S/C6H11NO.ClH/c8-5-6-3-1-2-4-7-6;/h1-2,6-8H,3-5H2;1H/t6-;/m0./s1. The second-order valence-corrected chi connectivity index (χ2v) is 1.99. The van der Waals surface area contributed by atoms with Gasteiger partial charge in [-0.05, 0) is 6.42 Å². The highest BCUT2D eigenvalue weighted by Gasteiger charge is 2.04. The van der Waals surface area contributed by atoms with Crippen molar-refractivity contribution in [2.45, 2.75) is 12.5 Å². The van der Waals surface area contributed by atoms with E-state index >= 15 is 0 Å². The molecule has 0 aromatic carbocycles. The van der Waals surface area contributed by atoms with E-state index in [4.69, 9.17) is 5.11 Å². The van der Waals surface area contributed by atoms with Crippen molar-refractivity contribution < 1.29 is 5.11 Å². The molecule has 0 amide bonds. The van der Waals surface area contributed by atoms with Crippen LogP contribution in [0, 0.1) is 0 Å². The fourth-order valence-corrected chi connectivity index (χ4v) is 0.801. The lowest BCUT2D eigenvalue weighted by molar-refractivity contribution is 0.244. The Morgan fingerprint density at radius 2 is 2.33 bits per heavy atom. The maximum atomic E-state index is 8.59. The highest BCUT2D eigenvalue weighted by atomic mass is 35.5. The minimum absolute atomic E-state index is 0. The van der Waals surface area contributed by atoms with Gasteiger partial charge in [0.1, 0.15) is 0 Å². The van der Waals surface area contributed by atoms with Crippen LogP contribution in [-0.4, -0.2) is 24.3 Å². The van der Waals surface area contributed by atoms with E-state index in [0.717, 1.165) is 13.0 Å². The highest BCUT2D eigenvalue weighted by Crippen LogP contribution is 1.96. The van der Waals surface area contributed by atoms with E-state index in [0.29, 0.717) is 6.04 Å². The normalized spacial score (nSPS) is 25.2. The van der Waals surface area contributed by atoms with Gasteiger partial charge in [-0.15, -0.1) is 12.4 Å². The summed E-state index contributed by atoms with van der Waals surface area (Å²) in [5.74, 6) is 0. The zero-order valence-electron chi connectivity index (χ0n) is 5.21. The molecule has 2 N–H and O–H groups in total. The van der Waals surface area contributed by atoms with Gasteiger partial charge < -0.3 is 10.4 Å². The molecule has 1 aliphatic heterocycles. The van der Waals surface area contributed by atoms with Crippen molar-refractivity contribution in [3.05, 3.63) is 12.2 Å². The fraction of sp³-hybridized carbons (Fsp3) is 0.667. The van der Waals surface area contributed by atoms with E-state index < -0.39 is 0 Å². The zero-order chi connectivity index (χ0) is 5.82. The summed E-state index contributed by atoms with van der Waals surface area (Å²) in [7, 11) is 0. The third kappa shape index (κ3) is 2.84. The molecule has 0 radical (unpaired) electrons. The second-order valence-electron chi connectivity index (χ2n) is 1.99. The molecule has 0 bridgehead atoms. The second kappa shape index (κ2) is 4.79. The topological polar surface area (TPSA) is 32.3 Å². The van der Waals surface area contributed by atoms with Crippen molar-refractivity contribution in [2.75, 3.05) is 13.2 Å². The predicted molar refractivity (Wildman–Crippen MR) is 39.9 cm³/mol. The van der Waals surface area contributed by atoms with Crippen LogP contribution in [-0.2, 0) is 0 Å². The first kappa shape index (κ1) is 8.95. The maximum Gasteiger partial charge on any atom is 0.0587 e. The van der Waals surface area contributed by atoms with Crippen LogP contribution < -0.4 is 5.32 Å². The molecular weight excluding hydrogens is 138 g/mol. The van der Waals surface area contributed by atoms with Crippen molar-refractivity contribution >= 4 is 12.4 Å². The molecule has 1 atom stereocenters. The Kier molecular flexibility index (Phi) is 4.77. The molecule has 0 aromatic heterocycles. The van der Waals surface area contributed by atoms with Crippen LogP contribution in [0.3, 0.4) is 0 Å². The molecule has 54 valence electrons. The summed E-state index contributed by atoms with van der Waals surface area (Å²) in [5.41, 5.74) is 0. The first-order valence-corrected chi connectivity index (χ1v) is 2.92. The minimum atomic E-state index is 0. The van der Waals surface area contributed by atoms with E-state index in [1.807, 2.05) is 0 Å². The van der Waals surface area contributed by atoms with Gasteiger partial charge in [0.25, 0.3) is 0 Å². The van der Waals surface area contributed by atoms with Gasteiger partial charge >= 0.3 is 0 Å². The van der Waals surface area contributed by atoms with Crippen molar-refractivity contribution in [3.63, 3.8) is 0 Å². The molecule has 0 saturated heterocycles. The maximum absolute atomic E-state index is 8.59. The summed E-state index contributed by atoms with van der Waals surface area (Å²) in [6, 6.07) is 0.306. The minimum Gasteiger partial charge on any atom is -0.395 e. The number of aliphatic hydroxyl groups is 1. The van der Waals surface area contributed by atoms with Crippen LogP contribution in [0.5, 0.6) is 0 Å². The van der Waals surface area contributed by atoms with Gasteiger partial charge in [-0.3, -0.25) is 0 Å². The summed E-state index contributed by atoms with van der Waals surface area (Å²) < 4.78 is 0. The molecule has 9 heavy (non-hydrogen) atoms. The van der Waals surface area contributed by atoms with Crippen LogP contribution in [0.1, 0.15) is 6.42 Å². The number of nitrogens with one attached hydrogen (secondary N) is 1. The summed E-state index contributed by atoms with van der Waals surface area (Å²) in [4.78, 5) is 0. The average molecular weight is 150 g/mol. The monoisotopic (exact) mass is 149 g/mol. The molecule has 1 aliphatic rings. The Hall–Kier alpha value is -0.0500. The molecule has 0 unspecified atom stereocenters. The largest absolute Gasteiger partial charge is 0.395 e. The van der Waals surface area contributed by atoms with E-state index in [1.165, 1.54) is 0 Å². The van der Waals surface area contributed by atoms with Gasteiger partial charge in [-0.25, -0.2) is 0 Å². The smallest absolute Gasteiger partial charge is 0.0587 e. The number of hydrogen-bond acceptors (Lipinski definition) is 2. The van der Waals surface area contributed by atoms with E-state index in [1.54, 1.807) is 0 Å². The van der Waals surface area contributed by atoms with Gasteiger partial charge in [-0.2, -0.15) is 0 Å². The molecule has 3 heteroatoms. The van der Waals surface area contributed by atoms with Crippen molar-refractivity contribution in [2.24, 2.45) is 0 Å². The average Bonchev–Trinajstić information content (AvgIpc) is 1.90. The molecule has 0 spiro atoms. The lowest BCUT2D eigenvalue weighted by Crippen LogP contribution is -2.34. The quantitative estimate of drug-likeness (QED) is 0.527. The van der Waals surface area contributed by atoms with Gasteiger partial charge in [0.05, 0.1) is 6.61 Å². The lowest BCUT2D eigenvalue weighted by Gasteiger charge is -2.15. The predicted octanol–water partition coefficient (Wildman–Crippen LogP) is 0.319. The Balaban J connectivity index is 0.000000640. The summed E-state index contributed by atoms with van der Waals surface area (Å²) in [6.07, 6.45) is 5.14. The van der Waals surface area contributed by atoms with Crippen LogP contribution in [0.15, 0.2) is 12.2 Å². The zero-order valence-corrected chi connectivity index (χ0v) is 6.03. The fourth-order valence-electron chi connectivity index (χ4n) is 0.801. The van der Waals surface area contributed by atoms with Crippen molar-refractivity contribution in [1.82, 2.24) is 5.32 Å². The Morgan fingerprint density at radius 1 is 1.56 bits per heavy atom. The number of hydrogen-bond donors (Lipinski definition) is 2. The van der Waals surface area contributed by atoms with Crippen molar-refractivity contribution in [3.8, 4) is 0 Å². The molecule has 1 rings (SSSR count). The molecule has 2 nitrogen and oxygen atoms in total. The van der Waals surface area contributed by atoms with Crippen LogP contribution in [0.2, 0.25) is 0 Å². The molecule has 1 heterocycles. The van der Waals surface area contributed by atoms with Crippen LogP contribution >= 0.6 is 12.4 Å². The SMILES string of the molecule is Cl.OC[C@@H]1CC=CCN1. The van der Waals surface area contributed by atoms with E-state index in [9.17, 15) is 0 Å². The number of halogens is 1. The van der Waals surface area contributed by atoms with Crippen LogP contribution in [0.25, 0.3) is 0 Å². The number of rotatable bonds is 1. The molecular formula is C6H12ClNO. The highest BCUT2D eigenvalue weighted by molar-refractivity contribution is 5.85. The van der Waals surface area contributed by atoms with Gasteiger partial charge in [-0.1, -0.05) is 12.2 Å². The molecule has 0 saturated carbocycles. The first-order chi connectivity index (χ1) is 3.93. The van der Waals surface area contributed by atoms with Gasteiger partial charge in [0, 0.05) is 12.6 Å². The van der Waals surface area contributed by atoms with Gasteiger partial charge in [0.2, 0.25) is 0 Å². The third-order valence-corrected chi connectivity index (χ3v) is 1.33. The number of aliphatic hydroxyl groups excluding tert-OH is 1. The Bertz CT molecular complexity index is 95.1. The first-order valence-electron chi connectivity index (χ1n) is 2.92. The summed E-state index contributed by atoms with van der Waals surface area (Å²) in [6.45, 7) is 1.16. The van der Waals surface area contributed by atoms with Crippen molar-refractivity contribution in [1.29, 1.82) is 0 Å². The van der Waals surface area contributed by atoms with Gasteiger partial charge in [0.15, 0.2) is 0 Å². The summed E-state index contributed by atoms with van der Waals surface area (Å²) >= 11 is 0. The Labute approximate surface area is 61.4 Å². The van der Waals surface area contributed by atoms with E-state index in [-0.39, 0.29) is 19.0 Å². The van der Waals surface area contributed by atoms with E-state index in [2.05, 4.69) is 17.5 Å². The molecule has 0 fully saturated rings. The molecule has 0 aliphatic carbocycles. The van der Waals surface area contributed by atoms with Crippen LogP contribution in [0.4, 0.5) is 0 Å². The lowest BCUT2D eigenvalue weighted by atomic mass is 10.1. The molecule has 0 aromatic rings.